The molecular formula is C18H21FN2O4S. The van der Waals surface area contributed by atoms with Gasteiger partial charge in [0.15, 0.2) is 0 Å². The molecule has 0 radical (unpaired) electrons. The number of carbonyl (C=O) groups is 2. The van der Waals surface area contributed by atoms with Crippen molar-refractivity contribution in [1.82, 2.24) is 9.88 Å². The SMILES string of the molecule is COCCN(CC(=O)OC)C(=O)c1sc(Cc2ccc(F)cc2)nc1C. The van der Waals surface area contributed by atoms with Crippen LogP contribution in [0.1, 0.15) is 25.9 Å². The Morgan fingerprint density at radius 1 is 1.23 bits per heavy atom. The summed E-state index contributed by atoms with van der Waals surface area (Å²) in [7, 11) is 2.81. The van der Waals surface area contributed by atoms with Crippen LogP contribution in [0, 0.1) is 12.7 Å². The van der Waals surface area contributed by atoms with Crippen LogP contribution in [0.25, 0.3) is 0 Å². The van der Waals surface area contributed by atoms with Crippen molar-refractivity contribution in [2.75, 3.05) is 33.9 Å². The molecule has 1 amide bonds. The number of halogens is 1. The number of hydrogen-bond donors (Lipinski definition) is 0. The Kier molecular flexibility index (Phi) is 7.23. The Morgan fingerprint density at radius 2 is 1.92 bits per heavy atom. The molecule has 0 unspecified atom stereocenters. The number of rotatable bonds is 8. The molecule has 0 saturated heterocycles. The van der Waals surface area contributed by atoms with E-state index in [0.717, 1.165) is 10.6 Å². The van der Waals surface area contributed by atoms with Gasteiger partial charge in [0.2, 0.25) is 0 Å². The minimum Gasteiger partial charge on any atom is -0.468 e. The molecule has 8 heteroatoms. The third-order valence-corrected chi connectivity index (χ3v) is 4.85. The number of hydrogen-bond acceptors (Lipinski definition) is 6. The van der Waals surface area contributed by atoms with Gasteiger partial charge >= 0.3 is 5.97 Å². The Hall–Kier alpha value is -2.32. The number of thiazole rings is 1. The first-order chi connectivity index (χ1) is 12.4. The zero-order chi connectivity index (χ0) is 19.1. The summed E-state index contributed by atoms with van der Waals surface area (Å²) in [6, 6.07) is 6.17. The Labute approximate surface area is 155 Å². The summed E-state index contributed by atoms with van der Waals surface area (Å²) in [6.07, 6.45) is 0.508. The van der Waals surface area contributed by atoms with Crippen LogP contribution in [0.2, 0.25) is 0 Å². The lowest BCUT2D eigenvalue weighted by Crippen LogP contribution is -2.38. The minimum absolute atomic E-state index is 0.149. The average molecular weight is 380 g/mol. The van der Waals surface area contributed by atoms with E-state index in [1.165, 1.54) is 42.6 Å². The monoisotopic (exact) mass is 380 g/mol. The molecule has 0 saturated carbocycles. The maximum absolute atomic E-state index is 13.0. The molecule has 1 aromatic heterocycles. The second-order valence-corrected chi connectivity index (χ2v) is 6.70. The second-order valence-electron chi connectivity index (χ2n) is 5.62. The van der Waals surface area contributed by atoms with Crippen LogP contribution in [0.5, 0.6) is 0 Å². The largest absolute Gasteiger partial charge is 0.468 e. The molecule has 140 valence electrons. The van der Waals surface area contributed by atoms with Crippen LogP contribution >= 0.6 is 11.3 Å². The van der Waals surface area contributed by atoms with Crippen LogP contribution in [0.4, 0.5) is 4.39 Å². The first-order valence-electron chi connectivity index (χ1n) is 8.00. The number of benzene rings is 1. The molecule has 0 aliphatic rings. The van der Waals surface area contributed by atoms with Gasteiger partial charge in [-0.15, -0.1) is 11.3 Å². The van der Waals surface area contributed by atoms with E-state index in [4.69, 9.17) is 4.74 Å². The van der Waals surface area contributed by atoms with Gasteiger partial charge in [-0.3, -0.25) is 9.59 Å². The number of esters is 1. The fraction of sp³-hybridized carbons (Fsp3) is 0.389. The van der Waals surface area contributed by atoms with Crippen molar-refractivity contribution in [2.24, 2.45) is 0 Å². The summed E-state index contributed by atoms with van der Waals surface area (Å²) in [5.74, 6) is -1.08. The normalized spacial score (nSPS) is 10.6. The third kappa shape index (κ3) is 5.34. The van der Waals surface area contributed by atoms with Crippen molar-refractivity contribution in [3.05, 3.63) is 51.2 Å². The van der Waals surface area contributed by atoms with Crippen molar-refractivity contribution in [3.63, 3.8) is 0 Å². The smallest absolute Gasteiger partial charge is 0.325 e. The van der Waals surface area contributed by atoms with E-state index in [9.17, 15) is 14.0 Å². The lowest BCUT2D eigenvalue weighted by atomic mass is 10.1. The van der Waals surface area contributed by atoms with E-state index in [1.807, 2.05) is 0 Å². The van der Waals surface area contributed by atoms with Gasteiger partial charge in [-0.05, 0) is 24.6 Å². The lowest BCUT2D eigenvalue weighted by Gasteiger charge is -2.20. The van der Waals surface area contributed by atoms with Crippen LogP contribution < -0.4 is 0 Å². The molecule has 0 aliphatic carbocycles. The number of nitrogens with zero attached hydrogens (tertiary/aromatic N) is 2. The van der Waals surface area contributed by atoms with Crippen LogP contribution in [0.3, 0.4) is 0 Å². The fourth-order valence-electron chi connectivity index (χ4n) is 2.32. The topological polar surface area (TPSA) is 68.7 Å². The summed E-state index contributed by atoms with van der Waals surface area (Å²) in [5.41, 5.74) is 1.51. The number of methoxy groups -OCH3 is 2. The minimum atomic E-state index is -0.497. The molecule has 2 aromatic rings. The van der Waals surface area contributed by atoms with Gasteiger partial charge in [0.05, 0.1) is 24.4 Å². The van der Waals surface area contributed by atoms with Gasteiger partial charge in [0, 0.05) is 20.1 Å². The third-order valence-electron chi connectivity index (χ3n) is 3.70. The van der Waals surface area contributed by atoms with Crippen molar-refractivity contribution in [3.8, 4) is 0 Å². The highest BCUT2D eigenvalue weighted by Gasteiger charge is 2.23. The fourth-order valence-corrected chi connectivity index (χ4v) is 3.39. The molecule has 0 fully saturated rings. The van der Waals surface area contributed by atoms with E-state index < -0.39 is 5.97 Å². The van der Waals surface area contributed by atoms with E-state index in [2.05, 4.69) is 9.72 Å². The van der Waals surface area contributed by atoms with E-state index in [1.54, 1.807) is 19.1 Å². The Balaban J connectivity index is 2.17. The maximum atomic E-state index is 13.0. The molecule has 1 heterocycles. The summed E-state index contributed by atoms with van der Waals surface area (Å²) in [4.78, 5) is 30.7. The number of aryl methyl sites for hydroxylation is 1. The molecule has 6 nitrogen and oxygen atoms in total. The molecule has 0 bridgehead atoms. The summed E-state index contributed by atoms with van der Waals surface area (Å²) in [5, 5.41) is 0.752. The molecule has 2 rings (SSSR count). The molecule has 0 atom stereocenters. The Bertz CT molecular complexity index is 761. The van der Waals surface area contributed by atoms with E-state index in [0.29, 0.717) is 23.6 Å². The van der Waals surface area contributed by atoms with Gasteiger partial charge in [-0.1, -0.05) is 12.1 Å². The van der Waals surface area contributed by atoms with Crippen LogP contribution in [0.15, 0.2) is 24.3 Å². The second kappa shape index (κ2) is 9.40. The number of amides is 1. The van der Waals surface area contributed by atoms with Gasteiger partial charge < -0.3 is 14.4 Å². The zero-order valence-corrected chi connectivity index (χ0v) is 15.8. The first kappa shape index (κ1) is 20.0. The highest BCUT2D eigenvalue weighted by Crippen LogP contribution is 2.22. The Morgan fingerprint density at radius 3 is 2.54 bits per heavy atom. The average Bonchev–Trinajstić information content (AvgIpc) is 2.99. The lowest BCUT2D eigenvalue weighted by molar-refractivity contribution is -0.141. The van der Waals surface area contributed by atoms with Crippen molar-refractivity contribution >= 4 is 23.2 Å². The molecule has 0 aliphatic heterocycles. The van der Waals surface area contributed by atoms with Gasteiger partial charge in [-0.25, -0.2) is 9.37 Å². The zero-order valence-electron chi connectivity index (χ0n) is 15.0. The predicted octanol–water partition coefficient (Wildman–Crippen LogP) is 2.44. The molecule has 26 heavy (non-hydrogen) atoms. The number of aromatic nitrogens is 1. The van der Waals surface area contributed by atoms with Gasteiger partial charge in [0.25, 0.3) is 5.91 Å². The van der Waals surface area contributed by atoms with Crippen molar-refractivity contribution < 1.29 is 23.5 Å². The maximum Gasteiger partial charge on any atom is 0.325 e. The highest BCUT2D eigenvalue weighted by atomic mass is 32.1. The van der Waals surface area contributed by atoms with E-state index >= 15 is 0 Å². The van der Waals surface area contributed by atoms with Crippen LogP contribution in [-0.4, -0.2) is 55.7 Å². The first-order valence-corrected chi connectivity index (χ1v) is 8.82. The quantitative estimate of drug-likeness (QED) is 0.658. The van der Waals surface area contributed by atoms with Gasteiger partial charge in [0.1, 0.15) is 17.2 Å². The molecular weight excluding hydrogens is 359 g/mol. The van der Waals surface area contributed by atoms with Gasteiger partial charge in [-0.2, -0.15) is 0 Å². The summed E-state index contributed by atoms with van der Waals surface area (Å²) >= 11 is 1.27. The standard InChI is InChI=1S/C18H21FN2O4S/c1-12-17(18(23)21(8-9-24-2)11-16(22)25-3)26-15(20-12)10-13-4-6-14(19)7-5-13/h4-7H,8-11H2,1-3H3. The van der Waals surface area contributed by atoms with Crippen LogP contribution in [-0.2, 0) is 20.7 Å². The molecule has 0 N–H and O–H groups in total. The van der Waals surface area contributed by atoms with Crippen molar-refractivity contribution in [2.45, 2.75) is 13.3 Å². The van der Waals surface area contributed by atoms with E-state index in [-0.39, 0.29) is 24.8 Å². The number of carbonyl (C=O) groups excluding carboxylic acids is 2. The number of ether oxygens (including phenoxy) is 2. The van der Waals surface area contributed by atoms with Crippen molar-refractivity contribution in [1.29, 1.82) is 0 Å². The highest BCUT2D eigenvalue weighted by molar-refractivity contribution is 7.13. The summed E-state index contributed by atoms with van der Waals surface area (Å²) in [6.45, 7) is 2.19. The predicted molar refractivity (Wildman–Crippen MR) is 95.9 cm³/mol. The molecule has 1 aromatic carbocycles. The summed E-state index contributed by atoms with van der Waals surface area (Å²) < 4.78 is 22.7. The molecule has 0 spiro atoms.